The number of likely N-dealkylation sites (tertiary alicyclic amines) is 1. The molecule has 0 spiro atoms. The third-order valence-electron chi connectivity index (χ3n) is 3.71. The van der Waals surface area contributed by atoms with Gasteiger partial charge in [-0.15, -0.1) is 0 Å². The van der Waals surface area contributed by atoms with Crippen molar-refractivity contribution in [2.45, 2.75) is 51.3 Å². The van der Waals surface area contributed by atoms with Crippen LogP contribution < -0.4 is 5.32 Å². The molecule has 1 N–H and O–H groups in total. The van der Waals surface area contributed by atoms with Crippen molar-refractivity contribution in [1.29, 1.82) is 0 Å². The minimum absolute atomic E-state index is 0.186. The Morgan fingerprint density at radius 3 is 2.47 bits per heavy atom. The van der Waals surface area contributed by atoms with E-state index in [-0.39, 0.29) is 13.1 Å². The van der Waals surface area contributed by atoms with Crippen LogP contribution in [0, 0.1) is 5.92 Å². The van der Waals surface area contributed by atoms with Gasteiger partial charge in [-0.3, -0.25) is 0 Å². The van der Waals surface area contributed by atoms with Gasteiger partial charge in [0.15, 0.2) is 0 Å². The average Bonchev–Trinajstić information content (AvgIpc) is 2.24. The third kappa shape index (κ3) is 4.06. The van der Waals surface area contributed by atoms with Crippen molar-refractivity contribution >= 4 is 6.09 Å². The van der Waals surface area contributed by atoms with Gasteiger partial charge >= 0.3 is 6.09 Å². The minimum atomic E-state index is -1.20. The summed E-state index contributed by atoms with van der Waals surface area (Å²) in [6.07, 6.45) is 2.26. The quantitative estimate of drug-likeness (QED) is 0.839. The van der Waals surface area contributed by atoms with Gasteiger partial charge in [0.2, 0.25) is 0 Å². The second kappa shape index (κ2) is 5.27. The fraction of sp³-hybridized carbons (Fsp3) is 0.929. The van der Waals surface area contributed by atoms with Crippen LogP contribution in [0.4, 0.5) is 9.18 Å². The maximum atomic E-state index is 14.5. The van der Waals surface area contributed by atoms with Crippen molar-refractivity contribution in [3.05, 3.63) is 0 Å². The van der Waals surface area contributed by atoms with Crippen molar-refractivity contribution < 1.29 is 13.9 Å². The van der Waals surface area contributed by atoms with Crippen LogP contribution in [0.25, 0.3) is 0 Å². The highest BCUT2D eigenvalue weighted by Gasteiger charge is 2.48. The van der Waals surface area contributed by atoms with Crippen LogP contribution in [0.2, 0.25) is 0 Å². The number of carbonyl (C=O) groups is 1. The van der Waals surface area contributed by atoms with E-state index in [0.29, 0.717) is 12.3 Å². The lowest BCUT2D eigenvalue weighted by molar-refractivity contribution is -0.0622. The number of hydrogen-bond acceptors (Lipinski definition) is 3. The summed E-state index contributed by atoms with van der Waals surface area (Å²) in [5.41, 5.74) is -1.71. The molecule has 0 aromatic rings. The maximum absolute atomic E-state index is 14.5. The number of carbonyl (C=O) groups excluding carboxylic acids is 1. The Kier molecular flexibility index (Phi) is 4.04. The van der Waals surface area contributed by atoms with Crippen LogP contribution in [-0.4, -0.2) is 48.4 Å². The number of nitrogens with one attached hydrogen (secondary N) is 1. The van der Waals surface area contributed by atoms with Gasteiger partial charge < -0.3 is 15.0 Å². The Morgan fingerprint density at radius 1 is 1.37 bits per heavy atom. The second-order valence-corrected chi connectivity index (χ2v) is 6.88. The zero-order chi connectivity index (χ0) is 14.1. The lowest BCUT2D eigenvalue weighted by Gasteiger charge is -2.46. The van der Waals surface area contributed by atoms with Gasteiger partial charge in [0, 0.05) is 0 Å². The van der Waals surface area contributed by atoms with Crippen LogP contribution in [0.1, 0.15) is 40.0 Å². The first-order chi connectivity index (χ1) is 8.77. The van der Waals surface area contributed by atoms with Gasteiger partial charge in [-0.1, -0.05) is 0 Å². The number of amides is 1. The Labute approximate surface area is 114 Å². The first-order valence-electron chi connectivity index (χ1n) is 7.15. The summed E-state index contributed by atoms with van der Waals surface area (Å²) in [7, 11) is 0. The normalized spacial score (nSPS) is 23.9. The monoisotopic (exact) mass is 272 g/mol. The summed E-state index contributed by atoms with van der Waals surface area (Å²) >= 11 is 0. The van der Waals surface area contributed by atoms with Crippen molar-refractivity contribution in [3.63, 3.8) is 0 Å². The fourth-order valence-corrected chi connectivity index (χ4v) is 2.83. The maximum Gasteiger partial charge on any atom is 0.410 e. The molecule has 0 radical (unpaired) electrons. The molecular weight excluding hydrogens is 247 g/mol. The SMILES string of the molecule is CC(C)(C)OC(=O)N1CC(F)(CC2CCNCC2)C1. The number of piperidine rings is 1. The molecule has 4 nitrogen and oxygen atoms in total. The summed E-state index contributed by atoms with van der Waals surface area (Å²) in [6.45, 7) is 7.80. The minimum Gasteiger partial charge on any atom is -0.444 e. The smallest absolute Gasteiger partial charge is 0.410 e. The zero-order valence-electron chi connectivity index (χ0n) is 12.2. The van der Waals surface area contributed by atoms with Crippen LogP contribution >= 0.6 is 0 Å². The van der Waals surface area contributed by atoms with E-state index in [4.69, 9.17) is 4.74 Å². The van der Waals surface area contributed by atoms with E-state index in [1.54, 1.807) is 0 Å². The van der Waals surface area contributed by atoms with E-state index in [1.165, 1.54) is 4.90 Å². The molecule has 1 amide bonds. The number of halogens is 1. The van der Waals surface area contributed by atoms with E-state index in [9.17, 15) is 9.18 Å². The van der Waals surface area contributed by atoms with Gasteiger partial charge in [-0.05, 0) is 59.0 Å². The Morgan fingerprint density at radius 2 is 1.95 bits per heavy atom. The van der Waals surface area contributed by atoms with Crippen LogP contribution in [0.3, 0.4) is 0 Å². The van der Waals surface area contributed by atoms with Crippen molar-refractivity contribution in [1.82, 2.24) is 10.2 Å². The Hall–Kier alpha value is -0.840. The van der Waals surface area contributed by atoms with Gasteiger partial charge in [0.1, 0.15) is 11.3 Å². The first kappa shape index (κ1) is 14.6. The highest BCUT2D eigenvalue weighted by Crippen LogP contribution is 2.35. The number of alkyl halides is 1. The van der Waals surface area contributed by atoms with Crippen molar-refractivity contribution in [2.75, 3.05) is 26.2 Å². The molecule has 0 unspecified atom stereocenters. The topological polar surface area (TPSA) is 41.6 Å². The Bertz CT molecular complexity index is 329. The summed E-state index contributed by atoms with van der Waals surface area (Å²) in [5, 5.41) is 3.28. The van der Waals surface area contributed by atoms with E-state index < -0.39 is 17.4 Å². The predicted octanol–water partition coefficient (Wildman–Crippen LogP) is 2.34. The molecule has 2 saturated heterocycles. The summed E-state index contributed by atoms with van der Waals surface area (Å²) in [5.74, 6) is 0.451. The number of ether oxygens (including phenoxy) is 1. The van der Waals surface area contributed by atoms with Gasteiger partial charge in [-0.25, -0.2) is 9.18 Å². The molecular formula is C14H25FN2O2. The summed E-state index contributed by atoms with van der Waals surface area (Å²) in [6, 6.07) is 0. The lowest BCUT2D eigenvalue weighted by atomic mass is 9.82. The molecule has 0 bridgehead atoms. The van der Waals surface area contributed by atoms with E-state index >= 15 is 0 Å². The van der Waals surface area contributed by atoms with Gasteiger partial charge in [0.25, 0.3) is 0 Å². The third-order valence-corrected chi connectivity index (χ3v) is 3.71. The number of hydrogen-bond donors (Lipinski definition) is 1. The van der Waals surface area contributed by atoms with Crippen molar-refractivity contribution in [3.8, 4) is 0 Å². The largest absolute Gasteiger partial charge is 0.444 e. The molecule has 0 aliphatic carbocycles. The van der Waals surface area contributed by atoms with Gasteiger partial charge in [-0.2, -0.15) is 0 Å². The molecule has 2 heterocycles. The summed E-state index contributed by atoms with van der Waals surface area (Å²) in [4.78, 5) is 13.2. The molecule has 2 aliphatic rings. The zero-order valence-corrected chi connectivity index (χ0v) is 12.2. The molecule has 2 fully saturated rings. The van der Waals surface area contributed by atoms with E-state index in [0.717, 1.165) is 25.9 Å². The molecule has 2 aliphatic heterocycles. The molecule has 0 aromatic heterocycles. The molecule has 0 atom stereocenters. The standard InChI is InChI=1S/C14H25FN2O2/c1-13(2,3)19-12(18)17-9-14(15,10-17)8-11-4-6-16-7-5-11/h11,16H,4-10H2,1-3H3. The lowest BCUT2D eigenvalue weighted by Crippen LogP contribution is -2.62. The number of nitrogens with zero attached hydrogens (tertiary/aromatic N) is 1. The van der Waals surface area contributed by atoms with Crippen LogP contribution in [0.15, 0.2) is 0 Å². The molecule has 5 heteroatoms. The van der Waals surface area contributed by atoms with Gasteiger partial charge in [0.05, 0.1) is 13.1 Å². The van der Waals surface area contributed by atoms with E-state index in [1.807, 2.05) is 20.8 Å². The first-order valence-corrected chi connectivity index (χ1v) is 7.15. The molecule has 0 saturated carbocycles. The fourth-order valence-electron chi connectivity index (χ4n) is 2.83. The Balaban J connectivity index is 1.75. The van der Waals surface area contributed by atoms with Crippen LogP contribution in [0.5, 0.6) is 0 Å². The molecule has 0 aromatic carbocycles. The van der Waals surface area contributed by atoms with Crippen LogP contribution in [-0.2, 0) is 4.74 Å². The highest BCUT2D eigenvalue weighted by atomic mass is 19.1. The van der Waals surface area contributed by atoms with Crippen molar-refractivity contribution in [2.24, 2.45) is 5.92 Å². The summed E-state index contributed by atoms with van der Waals surface area (Å²) < 4.78 is 19.7. The molecule has 110 valence electrons. The molecule has 19 heavy (non-hydrogen) atoms. The molecule has 2 rings (SSSR count). The number of rotatable bonds is 2. The van der Waals surface area contributed by atoms with E-state index in [2.05, 4.69) is 5.32 Å². The predicted molar refractivity (Wildman–Crippen MR) is 71.9 cm³/mol. The average molecular weight is 272 g/mol. The highest BCUT2D eigenvalue weighted by molar-refractivity contribution is 5.69. The second-order valence-electron chi connectivity index (χ2n) is 6.88.